The van der Waals surface area contributed by atoms with Crippen LogP contribution in [0.1, 0.15) is 30.6 Å². The Balaban J connectivity index is 1.83. The van der Waals surface area contributed by atoms with Crippen molar-refractivity contribution >= 4 is 22.7 Å². The van der Waals surface area contributed by atoms with Crippen LogP contribution in [0.25, 0.3) is 5.57 Å². The number of rotatable bonds is 2. The maximum Gasteiger partial charge on any atom is 0.184 e. The van der Waals surface area contributed by atoms with E-state index < -0.39 is 0 Å². The molecule has 84 valence electrons. The predicted octanol–water partition coefficient (Wildman–Crippen LogP) is 2.92. The summed E-state index contributed by atoms with van der Waals surface area (Å²) in [5.74, 6) is 0.286. The monoisotopic (exact) mass is 233 g/mol. The first kappa shape index (κ1) is 10.1. The third-order valence-corrected chi connectivity index (χ3v) is 4.41. The summed E-state index contributed by atoms with van der Waals surface area (Å²) in [5.41, 5.74) is 0.918. The van der Waals surface area contributed by atoms with Crippen molar-refractivity contribution < 1.29 is 4.79 Å². The standard InChI is InChI=1S/C13H15NOS/c15-12-9-14(10-4-1-2-5-10)8-11(12)13-6-3-7-16-13/h3,6-8,10H,1-2,4-5,9H2. The molecule has 16 heavy (non-hydrogen) atoms. The molecular formula is C13H15NOS. The number of carbonyl (C=O) groups is 1. The Kier molecular flexibility index (Phi) is 2.56. The number of Topliss-reactive ketones (excluding diaryl/α,β-unsaturated/α-hetero) is 1. The van der Waals surface area contributed by atoms with Crippen LogP contribution in [0.2, 0.25) is 0 Å². The zero-order valence-corrected chi connectivity index (χ0v) is 10.0. The lowest BCUT2D eigenvalue weighted by molar-refractivity contribution is -0.113. The van der Waals surface area contributed by atoms with E-state index in [-0.39, 0.29) is 5.78 Å². The van der Waals surface area contributed by atoms with Crippen molar-refractivity contribution in [3.05, 3.63) is 28.6 Å². The number of ketones is 1. The van der Waals surface area contributed by atoms with Crippen LogP contribution in [-0.4, -0.2) is 23.3 Å². The molecule has 1 aliphatic heterocycles. The summed E-state index contributed by atoms with van der Waals surface area (Å²) in [6.45, 7) is 0.595. The fraction of sp³-hybridized carbons (Fsp3) is 0.462. The molecule has 0 N–H and O–H groups in total. The van der Waals surface area contributed by atoms with E-state index in [0.29, 0.717) is 12.6 Å². The van der Waals surface area contributed by atoms with Crippen LogP contribution in [0.15, 0.2) is 23.7 Å². The average molecular weight is 233 g/mol. The Morgan fingerprint density at radius 1 is 1.31 bits per heavy atom. The van der Waals surface area contributed by atoms with Crippen molar-refractivity contribution in [2.75, 3.05) is 6.54 Å². The SMILES string of the molecule is O=C1CN(C2CCCC2)C=C1c1cccs1. The molecule has 0 atom stereocenters. The second-order valence-corrected chi connectivity index (χ2v) is 5.50. The van der Waals surface area contributed by atoms with Gasteiger partial charge in [0.1, 0.15) is 0 Å². The molecule has 0 saturated heterocycles. The first-order valence-electron chi connectivity index (χ1n) is 5.89. The van der Waals surface area contributed by atoms with Gasteiger partial charge in [-0.2, -0.15) is 0 Å². The van der Waals surface area contributed by atoms with Crippen LogP contribution >= 0.6 is 11.3 Å². The summed E-state index contributed by atoms with van der Waals surface area (Å²) in [6.07, 6.45) is 7.22. The smallest absolute Gasteiger partial charge is 0.184 e. The minimum atomic E-state index is 0.286. The van der Waals surface area contributed by atoms with Crippen molar-refractivity contribution in [1.29, 1.82) is 0 Å². The molecule has 3 heteroatoms. The molecule has 1 saturated carbocycles. The van der Waals surface area contributed by atoms with Crippen LogP contribution < -0.4 is 0 Å². The third kappa shape index (κ3) is 1.69. The lowest BCUT2D eigenvalue weighted by atomic mass is 10.2. The highest BCUT2D eigenvalue weighted by atomic mass is 32.1. The molecule has 1 aromatic rings. The molecular weight excluding hydrogens is 218 g/mol. The van der Waals surface area contributed by atoms with Gasteiger partial charge in [0.05, 0.1) is 12.1 Å². The molecule has 2 nitrogen and oxygen atoms in total. The number of thiophene rings is 1. The largest absolute Gasteiger partial charge is 0.366 e. The first-order valence-corrected chi connectivity index (χ1v) is 6.77. The Morgan fingerprint density at radius 2 is 2.12 bits per heavy atom. The normalized spacial score (nSPS) is 21.9. The average Bonchev–Trinajstić information content (AvgIpc) is 2.97. The van der Waals surface area contributed by atoms with E-state index in [4.69, 9.17) is 0 Å². The molecule has 0 aromatic carbocycles. The summed E-state index contributed by atoms with van der Waals surface area (Å²) in [6, 6.07) is 4.65. The van der Waals surface area contributed by atoms with Gasteiger partial charge in [0.25, 0.3) is 0 Å². The van der Waals surface area contributed by atoms with Gasteiger partial charge in [0.15, 0.2) is 5.78 Å². The molecule has 0 amide bonds. The fourth-order valence-corrected chi connectivity index (χ4v) is 3.39. The molecule has 2 aliphatic rings. The topological polar surface area (TPSA) is 20.3 Å². The van der Waals surface area contributed by atoms with E-state index in [0.717, 1.165) is 10.5 Å². The van der Waals surface area contributed by atoms with Gasteiger partial charge in [-0.15, -0.1) is 11.3 Å². The summed E-state index contributed by atoms with van der Waals surface area (Å²) in [4.78, 5) is 15.3. The van der Waals surface area contributed by atoms with Crippen LogP contribution in [0, 0.1) is 0 Å². The van der Waals surface area contributed by atoms with Crippen molar-refractivity contribution in [2.24, 2.45) is 0 Å². The van der Waals surface area contributed by atoms with Gasteiger partial charge in [-0.05, 0) is 24.3 Å². The number of hydrogen-bond donors (Lipinski definition) is 0. The Labute approximate surface area is 99.6 Å². The highest BCUT2D eigenvalue weighted by Gasteiger charge is 2.29. The molecule has 0 spiro atoms. The summed E-state index contributed by atoms with van der Waals surface area (Å²) in [7, 11) is 0. The van der Waals surface area contributed by atoms with Gasteiger partial charge in [-0.3, -0.25) is 4.79 Å². The molecule has 0 unspecified atom stereocenters. The Bertz CT molecular complexity index is 415. The van der Waals surface area contributed by atoms with E-state index in [1.54, 1.807) is 11.3 Å². The van der Waals surface area contributed by atoms with Crippen molar-refractivity contribution in [3.63, 3.8) is 0 Å². The first-order chi connectivity index (χ1) is 7.84. The molecule has 3 rings (SSSR count). The van der Waals surface area contributed by atoms with Crippen LogP contribution in [0.5, 0.6) is 0 Å². The Morgan fingerprint density at radius 3 is 2.81 bits per heavy atom. The molecule has 0 bridgehead atoms. The zero-order chi connectivity index (χ0) is 11.0. The van der Waals surface area contributed by atoms with Gasteiger partial charge >= 0.3 is 0 Å². The van der Waals surface area contributed by atoms with E-state index in [1.165, 1.54) is 25.7 Å². The number of carbonyl (C=O) groups excluding carboxylic acids is 1. The van der Waals surface area contributed by atoms with Gasteiger partial charge < -0.3 is 4.90 Å². The molecule has 2 heterocycles. The maximum absolute atomic E-state index is 11.9. The molecule has 0 radical (unpaired) electrons. The summed E-state index contributed by atoms with van der Waals surface area (Å²) >= 11 is 1.65. The number of nitrogens with zero attached hydrogens (tertiary/aromatic N) is 1. The number of hydrogen-bond acceptors (Lipinski definition) is 3. The molecule has 1 fully saturated rings. The third-order valence-electron chi connectivity index (χ3n) is 3.50. The van der Waals surface area contributed by atoms with Gasteiger partial charge in [0, 0.05) is 17.1 Å². The molecule has 1 aromatic heterocycles. The summed E-state index contributed by atoms with van der Waals surface area (Å²) in [5, 5.41) is 2.03. The maximum atomic E-state index is 11.9. The van der Waals surface area contributed by atoms with E-state index in [1.807, 2.05) is 17.5 Å². The summed E-state index contributed by atoms with van der Waals surface area (Å²) < 4.78 is 0. The van der Waals surface area contributed by atoms with Crippen LogP contribution in [0.4, 0.5) is 0 Å². The highest BCUT2D eigenvalue weighted by Crippen LogP contribution is 2.31. The second-order valence-electron chi connectivity index (χ2n) is 4.55. The van der Waals surface area contributed by atoms with Gasteiger partial charge in [-0.25, -0.2) is 0 Å². The van der Waals surface area contributed by atoms with Crippen LogP contribution in [-0.2, 0) is 4.79 Å². The van der Waals surface area contributed by atoms with Crippen molar-refractivity contribution in [1.82, 2.24) is 4.90 Å². The predicted molar refractivity (Wildman–Crippen MR) is 66.3 cm³/mol. The lowest BCUT2D eigenvalue weighted by Gasteiger charge is -2.22. The highest BCUT2D eigenvalue weighted by molar-refractivity contribution is 7.11. The quantitative estimate of drug-likeness (QED) is 0.783. The Hall–Kier alpha value is -1.09. The zero-order valence-electron chi connectivity index (χ0n) is 9.19. The van der Waals surface area contributed by atoms with E-state index >= 15 is 0 Å². The van der Waals surface area contributed by atoms with Gasteiger partial charge in [-0.1, -0.05) is 18.9 Å². The fourth-order valence-electron chi connectivity index (χ4n) is 2.64. The van der Waals surface area contributed by atoms with E-state index in [9.17, 15) is 4.79 Å². The minimum absolute atomic E-state index is 0.286. The molecule has 1 aliphatic carbocycles. The second kappa shape index (κ2) is 4.06. The lowest BCUT2D eigenvalue weighted by Crippen LogP contribution is -2.28. The van der Waals surface area contributed by atoms with Crippen molar-refractivity contribution in [3.8, 4) is 0 Å². The van der Waals surface area contributed by atoms with Crippen molar-refractivity contribution in [2.45, 2.75) is 31.7 Å². The van der Waals surface area contributed by atoms with Crippen LogP contribution in [0.3, 0.4) is 0 Å². The van der Waals surface area contributed by atoms with Gasteiger partial charge in [0.2, 0.25) is 0 Å². The van der Waals surface area contributed by atoms with E-state index in [2.05, 4.69) is 11.1 Å². The minimum Gasteiger partial charge on any atom is -0.366 e.